The lowest BCUT2D eigenvalue weighted by Gasteiger charge is -2.10. The van der Waals surface area contributed by atoms with Gasteiger partial charge in [-0.2, -0.15) is 0 Å². The number of hydrogen-bond acceptors (Lipinski definition) is 0. The van der Waals surface area contributed by atoms with Gasteiger partial charge in [-0.1, -0.05) is 20.8 Å². The van der Waals surface area contributed by atoms with E-state index in [9.17, 15) is 8.78 Å². The van der Waals surface area contributed by atoms with Crippen LogP contribution in [0.1, 0.15) is 37.8 Å². The van der Waals surface area contributed by atoms with Crippen LogP contribution in [0.4, 0.5) is 8.78 Å². The molecule has 2 heteroatoms. The van der Waals surface area contributed by atoms with Crippen molar-refractivity contribution >= 4 is 0 Å². The highest BCUT2D eigenvalue weighted by molar-refractivity contribution is 5.29. The number of benzene rings is 1. The molecule has 1 aromatic carbocycles. The first-order chi connectivity index (χ1) is 6.06. The highest BCUT2D eigenvalue weighted by Crippen LogP contribution is 2.22. The molecule has 0 heterocycles. The zero-order valence-electron chi connectivity index (χ0n) is 8.20. The van der Waals surface area contributed by atoms with Gasteiger partial charge in [-0.25, -0.2) is 8.78 Å². The van der Waals surface area contributed by atoms with Crippen LogP contribution < -0.4 is 0 Å². The van der Waals surface area contributed by atoms with Gasteiger partial charge in [-0.05, 0) is 35.6 Å². The van der Waals surface area contributed by atoms with Gasteiger partial charge in [0, 0.05) is 0 Å². The first-order valence-electron chi connectivity index (χ1n) is 4.54. The summed E-state index contributed by atoms with van der Waals surface area (Å²) in [5.41, 5.74) is 0.931. The highest BCUT2D eigenvalue weighted by Gasteiger charge is 2.12. The minimum Gasteiger partial charge on any atom is -0.207 e. The van der Waals surface area contributed by atoms with Gasteiger partial charge in [0.15, 0.2) is 0 Å². The van der Waals surface area contributed by atoms with Crippen LogP contribution in [-0.2, 0) is 6.42 Å². The summed E-state index contributed by atoms with van der Waals surface area (Å²) in [6, 6.07) is 2.54. The molecule has 0 aliphatic rings. The van der Waals surface area contributed by atoms with E-state index in [-0.39, 0.29) is 17.6 Å². The average Bonchev–Trinajstić information content (AvgIpc) is 2.08. The second kappa shape index (κ2) is 3.86. The number of hydrogen-bond donors (Lipinski definition) is 0. The van der Waals surface area contributed by atoms with Crippen LogP contribution in [-0.4, -0.2) is 0 Å². The van der Waals surface area contributed by atoms with E-state index in [2.05, 4.69) is 0 Å². The van der Waals surface area contributed by atoms with E-state index in [0.29, 0.717) is 17.5 Å². The number of halogens is 2. The van der Waals surface area contributed by atoms with Gasteiger partial charge in [0.1, 0.15) is 11.6 Å². The molecule has 72 valence electrons. The van der Waals surface area contributed by atoms with Crippen LogP contribution in [0.5, 0.6) is 0 Å². The maximum atomic E-state index is 13.5. The van der Waals surface area contributed by atoms with E-state index in [1.807, 2.05) is 20.8 Å². The van der Waals surface area contributed by atoms with Crippen LogP contribution in [0, 0.1) is 11.6 Å². The van der Waals surface area contributed by atoms with E-state index in [1.54, 1.807) is 0 Å². The van der Waals surface area contributed by atoms with Crippen molar-refractivity contribution in [2.75, 3.05) is 0 Å². The van der Waals surface area contributed by atoms with Crippen molar-refractivity contribution in [2.45, 2.75) is 33.1 Å². The molecule has 0 saturated carbocycles. The van der Waals surface area contributed by atoms with E-state index < -0.39 is 0 Å². The molecule has 1 aromatic rings. The molecule has 0 saturated heterocycles. The van der Waals surface area contributed by atoms with Gasteiger partial charge in [-0.15, -0.1) is 0 Å². The van der Waals surface area contributed by atoms with Crippen LogP contribution in [0.15, 0.2) is 12.1 Å². The molecular formula is C11H14F2. The van der Waals surface area contributed by atoms with Gasteiger partial charge in [0.05, 0.1) is 0 Å². The summed E-state index contributed by atoms with van der Waals surface area (Å²) in [7, 11) is 0. The molecule has 0 spiro atoms. The lowest BCUT2D eigenvalue weighted by Crippen LogP contribution is -1.99. The normalized spacial score (nSPS) is 10.9. The molecule has 0 N–H and O–H groups in total. The smallest absolute Gasteiger partial charge is 0.130 e. The SMILES string of the molecule is CCc1cc(F)cc(C(C)C)c1F. The second-order valence-electron chi connectivity index (χ2n) is 3.48. The third-order valence-corrected chi connectivity index (χ3v) is 2.14. The molecule has 0 bridgehead atoms. The van der Waals surface area contributed by atoms with Crippen LogP contribution in [0.25, 0.3) is 0 Å². The zero-order chi connectivity index (χ0) is 10.0. The van der Waals surface area contributed by atoms with Crippen LogP contribution >= 0.6 is 0 Å². The van der Waals surface area contributed by atoms with Crippen LogP contribution in [0.3, 0.4) is 0 Å². The Morgan fingerprint density at radius 3 is 2.31 bits per heavy atom. The summed E-state index contributed by atoms with van der Waals surface area (Å²) in [6.07, 6.45) is 0.531. The molecule has 0 radical (unpaired) electrons. The van der Waals surface area contributed by atoms with Crippen LogP contribution in [0.2, 0.25) is 0 Å². The van der Waals surface area contributed by atoms with Gasteiger partial charge >= 0.3 is 0 Å². The number of aryl methyl sites for hydroxylation is 1. The standard InChI is InChI=1S/C11H14F2/c1-4-8-5-9(12)6-10(7(2)3)11(8)13/h5-7H,4H2,1-3H3. The fraction of sp³-hybridized carbons (Fsp3) is 0.455. The lowest BCUT2D eigenvalue weighted by molar-refractivity contribution is 0.562. The molecule has 0 aliphatic carbocycles. The Kier molecular flexibility index (Phi) is 3.02. The fourth-order valence-electron chi connectivity index (χ4n) is 1.35. The van der Waals surface area contributed by atoms with E-state index in [4.69, 9.17) is 0 Å². The Bertz CT molecular complexity index is 303. The third kappa shape index (κ3) is 2.06. The topological polar surface area (TPSA) is 0 Å². The summed E-state index contributed by atoms with van der Waals surface area (Å²) in [4.78, 5) is 0. The second-order valence-corrected chi connectivity index (χ2v) is 3.48. The van der Waals surface area contributed by atoms with Crippen molar-refractivity contribution in [3.63, 3.8) is 0 Å². The summed E-state index contributed by atoms with van der Waals surface area (Å²) in [5.74, 6) is -0.568. The molecular weight excluding hydrogens is 170 g/mol. The third-order valence-electron chi connectivity index (χ3n) is 2.14. The highest BCUT2D eigenvalue weighted by atomic mass is 19.1. The van der Waals surface area contributed by atoms with Gasteiger partial charge in [-0.3, -0.25) is 0 Å². The van der Waals surface area contributed by atoms with Gasteiger partial charge in [0.2, 0.25) is 0 Å². The van der Waals surface area contributed by atoms with Gasteiger partial charge < -0.3 is 0 Å². The molecule has 1 rings (SSSR count). The summed E-state index contributed by atoms with van der Waals surface area (Å²) < 4.78 is 26.5. The Balaban J connectivity index is 3.27. The summed E-state index contributed by atoms with van der Waals surface area (Å²) in [6.45, 7) is 5.54. The van der Waals surface area contributed by atoms with Crippen molar-refractivity contribution in [2.24, 2.45) is 0 Å². The Labute approximate surface area is 77.6 Å². The van der Waals surface area contributed by atoms with Crippen molar-refractivity contribution in [1.82, 2.24) is 0 Å². The Morgan fingerprint density at radius 2 is 1.85 bits per heavy atom. The van der Waals surface area contributed by atoms with E-state index in [1.165, 1.54) is 12.1 Å². The molecule has 0 unspecified atom stereocenters. The van der Waals surface area contributed by atoms with Crippen molar-refractivity contribution in [1.29, 1.82) is 0 Å². The minimum atomic E-state index is -0.345. The maximum Gasteiger partial charge on any atom is 0.130 e. The van der Waals surface area contributed by atoms with Crippen molar-refractivity contribution < 1.29 is 8.78 Å². The average molecular weight is 184 g/mol. The quantitative estimate of drug-likeness (QED) is 0.658. The van der Waals surface area contributed by atoms with E-state index in [0.717, 1.165) is 0 Å². The first kappa shape index (κ1) is 10.2. The summed E-state index contributed by atoms with van der Waals surface area (Å²) >= 11 is 0. The predicted octanol–water partition coefficient (Wildman–Crippen LogP) is 3.65. The molecule has 0 aromatic heterocycles. The predicted molar refractivity (Wildman–Crippen MR) is 49.8 cm³/mol. The minimum absolute atomic E-state index is 0.0287. The fourth-order valence-corrected chi connectivity index (χ4v) is 1.35. The maximum absolute atomic E-state index is 13.5. The van der Waals surface area contributed by atoms with Crippen molar-refractivity contribution in [3.05, 3.63) is 34.9 Å². The molecule has 0 atom stereocenters. The number of rotatable bonds is 2. The summed E-state index contributed by atoms with van der Waals surface area (Å²) in [5, 5.41) is 0. The van der Waals surface area contributed by atoms with E-state index >= 15 is 0 Å². The molecule has 0 fully saturated rings. The van der Waals surface area contributed by atoms with Crippen molar-refractivity contribution in [3.8, 4) is 0 Å². The molecule has 13 heavy (non-hydrogen) atoms. The zero-order valence-corrected chi connectivity index (χ0v) is 8.20. The monoisotopic (exact) mass is 184 g/mol. The Hall–Kier alpha value is -0.920. The lowest BCUT2D eigenvalue weighted by atomic mass is 9.98. The molecule has 0 aliphatic heterocycles. The van der Waals surface area contributed by atoms with Gasteiger partial charge in [0.25, 0.3) is 0 Å². The first-order valence-corrected chi connectivity index (χ1v) is 4.54. The molecule has 0 nitrogen and oxygen atoms in total. The molecule has 0 amide bonds. The Morgan fingerprint density at radius 1 is 1.23 bits per heavy atom. The largest absolute Gasteiger partial charge is 0.207 e.